The number of benzene rings is 1. The highest BCUT2D eigenvalue weighted by Gasteiger charge is 2.15. The topological polar surface area (TPSA) is 102 Å². The number of hydrogen-bond donors (Lipinski definition) is 1. The summed E-state index contributed by atoms with van der Waals surface area (Å²) in [6, 6.07) is 8.34. The average molecular weight is 288 g/mol. The van der Waals surface area contributed by atoms with E-state index in [1.165, 1.54) is 29.7 Å². The molecule has 1 aromatic heterocycles. The summed E-state index contributed by atoms with van der Waals surface area (Å²) in [5.74, 6) is -1.04. The van der Waals surface area contributed by atoms with Gasteiger partial charge in [0.2, 0.25) is 0 Å². The van der Waals surface area contributed by atoms with Gasteiger partial charge in [0, 0.05) is 12.1 Å². The molecule has 0 fully saturated rings. The molecule has 0 aliphatic rings. The molecule has 1 heterocycles. The number of nitro groups is 1. The van der Waals surface area contributed by atoms with E-state index in [1.807, 2.05) is 0 Å². The fourth-order valence-corrected chi connectivity index (χ4v) is 1.99. The van der Waals surface area contributed by atoms with Gasteiger partial charge in [-0.25, -0.2) is 4.79 Å². The van der Waals surface area contributed by atoms with Crippen molar-refractivity contribution >= 4 is 11.7 Å². The van der Waals surface area contributed by atoms with Gasteiger partial charge in [0.15, 0.2) is 0 Å². The molecule has 2 aromatic rings. The van der Waals surface area contributed by atoms with Crippen LogP contribution >= 0.6 is 0 Å². The van der Waals surface area contributed by atoms with Gasteiger partial charge in [-0.3, -0.25) is 14.9 Å². The van der Waals surface area contributed by atoms with E-state index in [0.717, 1.165) is 6.07 Å². The second-order valence-electron chi connectivity index (χ2n) is 4.49. The Bertz CT molecular complexity index is 762. The molecule has 0 bridgehead atoms. The third-order valence-electron chi connectivity index (χ3n) is 3.16. The van der Waals surface area contributed by atoms with E-state index in [2.05, 4.69) is 0 Å². The third kappa shape index (κ3) is 2.97. The number of aromatic carboxylic acids is 1. The summed E-state index contributed by atoms with van der Waals surface area (Å²) in [7, 11) is 0. The summed E-state index contributed by atoms with van der Waals surface area (Å²) >= 11 is 0. The monoisotopic (exact) mass is 288 g/mol. The van der Waals surface area contributed by atoms with E-state index in [0.29, 0.717) is 5.56 Å². The Labute approximate surface area is 119 Å². The third-order valence-corrected chi connectivity index (χ3v) is 3.16. The molecule has 1 aromatic carbocycles. The van der Waals surface area contributed by atoms with E-state index in [1.54, 1.807) is 12.1 Å². The van der Waals surface area contributed by atoms with Gasteiger partial charge < -0.3 is 9.67 Å². The summed E-state index contributed by atoms with van der Waals surface area (Å²) in [5, 5.41) is 19.7. The number of carboxylic acids is 1. The maximum Gasteiger partial charge on any atom is 0.335 e. The van der Waals surface area contributed by atoms with Crippen molar-refractivity contribution in [2.24, 2.45) is 0 Å². The molecule has 0 unspecified atom stereocenters. The fourth-order valence-electron chi connectivity index (χ4n) is 1.99. The molecule has 2 rings (SSSR count). The van der Waals surface area contributed by atoms with E-state index >= 15 is 0 Å². The van der Waals surface area contributed by atoms with Crippen molar-refractivity contribution in [2.45, 2.75) is 13.5 Å². The van der Waals surface area contributed by atoms with E-state index in [-0.39, 0.29) is 29.0 Å². The Hall–Kier alpha value is -2.96. The van der Waals surface area contributed by atoms with Crippen molar-refractivity contribution < 1.29 is 14.8 Å². The van der Waals surface area contributed by atoms with Gasteiger partial charge in [0.25, 0.3) is 11.2 Å². The molecule has 0 saturated heterocycles. The predicted molar refractivity (Wildman–Crippen MR) is 74.6 cm³/mol. The van der Waals surface area contributed by atoms with Crippen LogP contribution in [0, 0.1) is 17.0 Å². The first-order valence-corrected chi connectivity index (χ1v) is 6.07. The number of nitrogens with zero attached hydrogens (tertiary/aromatic N) is 2. The zero-order valence-corrected chi connectivity index (χ0v) is 11.1. The number of pyridine rings is 1. The smallest absolute Gasteiger partial charge is 0.335 e. The highest BCUT2D eigenvalue weighted by Crippen LogP contribution is 2.16. The SMILES string of the molecule is Cc1c([N+](=O)[O-])ccc(=O)n1Cc1ccc(C(=O)O)cc1. The molecular weight excluding hydrogens is 276 g/mol. The van der Waals surface area contributed by atoms with Crippen LogP contribution in [0.25, 0.3) is 0 Å². The zero-order valence-electron chi connectivity index (χ0n) is 11.1. The molecule has 0 amide bonds. The molecule has 0 atom stereocenters. The van der Waals surface area contributed by atoms with Gasteiger partial charge in [-0.05, 0) is 24.6 Å². The van der Waals surface area contributed by atoms with Crippen LogP contribution in [-0.4, -0.2) is 20.6 Å². The van der Waals surface area contributed by atoms with Crippen molar-refractivity contribution in [1.82, 2.24) is 4.57 Å². The second kappa shape index (κ2) is 5.58. The Morgan fingerprint density at radius 2 is 1.86 bits per heavy atom. The molecule has 0 aliphatic heterocycles. The summed E-state index contributed by atoms with van der Waals surface area (Å²) in [6.07, 6.45) is 0. The van der Waals surface area contributed by atoms with E-state index in [4.69, 9.17) is 5.11 Å². The van der Waals surface area contributed by atoms with E-state index < -0.39 is 10.9 Å². The van der Waals surface area contributed by atoms with Crippen LogP contribution in [0.5, 0.6) is 0 Å². The Kier molecular flexibility index (Phi) is 3.84. The molecule has 7 nitrogen and oxygen atoms in total. The highest BCUT2D eigenvalue weighted by atomic mass is 16.6. The van der Waals surface area contributed by atoms with Crippen LogP contribution < -0.4 is 5.56 Å². The summed E-state index contributed by atoms with van der Waals surface area (Å²) < 4.78 is 1.29. The van der Waals surface area contributed by atoms with Gasteiger partial charge in [-0.1, -0.05) is 12.1 Å². The first kappa shape index (κ1) is 14.4. The largest absolute Gasteiger partial charge is 0.478 e. The molecule has 0 radical (unpaired) electrons. The second-order valence-corrected chi connectivity index (χ2v) is 4.49. The van der Waals surface area contributed by atoms with E-state index in [9.17, 15) is 19.7 Å². The summed E-state index contributed by atoms with van der Waals surface area (Å²) in [4.78, 5) is 32.9. The van der Waals surface area contributed by atoms with Crippen molar-refractivity contribution in [3.05, 3.63) is 73.7 Å². The van der Waals surface area contributed by atoms with Gasteiger partial charge in [0.1, 0.15) is 0 Å². The molecule has 0 saturated carbocycles. The van der Waals surface area contributed by atoms with Gasteiger partial charge >= 0.3 is 5.97 Å². The molecule has 1 N–H and O–H groups in total. The van der Waals surface area contributed by atoms with Crippen LogP contribution in [0.1, 0.15) is 21.6 Å². The van der Waals surface area contributed by atoms with Crippen LogP contribution in [0.15, 0.2) is 41.2 Å². The lowest BCUT2D eigenvalue weighted by molar-refractivity contribution is -0.386. The maximum absolute atomic E-state index is 11.8. The van der Waals surface area contributed by atoms with Crippen LogP contribution in [0.4, 0.5) is 5.69 Å². The number of carbonyl (C=O) groups is 1. The number of hydrogen-bond acceptors (Lipinski definition) is 4. The normalized spacial score (nSPS) is 10.3. The predicted octanol–water partition coefficient (Wildman–Crippen LogP) is 1.81. The minimum Gasteiger partial charge on any atom is -0.478 e. The number of carboxylic acid groups (broad SMARTS) is 1. The summed E-state index contributed by atoms with van der Waals surface area (Å²) in [6.45, 7) is 1.65. The molecule has 108 valence electrons. The van der Waals surface area contributed by atoms with Gasteiger partial charge in [-0.2, -0.15) is 0 Å². The minimum absolute atomic E-state index is 0.128. The average Bonchev–Trinajstić information content (AvgIpc) is 2.43. The highest BCUT2D eigenvalue weighted by molar-refractivity contribution is 5.87. The lowest BCUT2D eigenvalue weighted by atomic mass is 10.1. The van der Waals surface area contributed by atoms with Crippen molar-refractivity contribution in [3.8, 4) is 0 Å². The summed E-state index contributed by atoms with van der Waals surface area (Å²) in [5.41, 5.74) is 0.611. The lowest BCUT2D eigenvalue weighted by Crippen LogP contribution is -2.22. The Balaban J connectivity index is 2.39. The molecule has 7 heteroatoms. The molecular formula is C14H12N2O5. The van der Waals surface area contributed by atoms with Crippen LogP contribution in [0.2, 0.25) is 0 Å². The lowest BCUT2D eigenvalue weighted by Gasteiger charge is -2.10. The molecule has 0 spiro atoms. The van der Waals surface area contributed by atoms with Crippen molar-refractivity contribution in [1.29, 1.82) is 0 Å². The Morgan fingerprint density at radius 1 is 1.24 bits per heavy atom. The first-order chi connectivity index (χ1) is 9.90. The van der Waals surface area contributed by atoms with Crippen molar-refractivity contribution in [2.75, 3.05) is 0 Å². The van der Waals surface area contributed by atoms with Gasteiger partial charge in [0.05, 0.1) is 22.7 Å². The standard InChI is InChI=1S/C14H12N2O5/c1-9-12(16(20)21)6-7-13(17)15(9)8-10-2-4-11(5-3-10)14(18)19/h2-7H,8H2,1H3,(H,18,19). The Morgan fingerprint density at radius 3 is 2.38 bits per heavy atom. The number of rotatable bonds is 4. The van der Waals surface area contributed by atoms with Crippen LogP contribution in [-0.2, 0) is 6.54 Å². The zero-order chi connectivity index (χ0) is 15.6. The quantitative estimate of drug-likeness (QED) is 0.682. The van der Waals surface area contributed by atoms with Crippen LogP contribution in [0.3, 0.4) is 0 Å². The molecule has 0 aliphatic carbocycles. The maximum atomic E-state index is 11.8. The first-order valence-electron chi connectivity index (χ1n) is 6.07. The fraction of sp³-hybridized carbons (Fsp3) is 0.143. The number of aromatic nitrogens is 1. The molecule has 21 heavy (non-hydrogen) atoms. The minimum atomic E-state index is -1.04. The van der Waals surface area contributed by atoms with Gasteiger partial charge in [-0.15, -0.1) is 0 Å². The van der Waals surface area contributed by atoms with Crippen molar-refractivity contribution in [3.63, 3.8) is 0 Å².